The van der Waals surface area contributed by atoms with Crippen LogP contribution in [0.2, 0.25) is 0 Å². The largest absolute Gasteiger partial charge is 0.396 e. The van der Waals surface area contributed by atoms with E-state index in [4.69, 9.17) is 10.5 Å². The van der Waals surface area contributed by atoms with E-state index in [0.717, 1.165) is 48.5 Å². The number of hydrogen-bond acceptors (Lipinski definition) is 4. The molecule has 1 saturated heterocycles. The number of hydrogen-bond donors (Lipinski definition) is 1. The third kappa shape index (κ3) is 2.56. The molecule has 1 fully saturated rings. The summed E-state index contributed by atoms with van der Waals surface area (Å²) in [6.07, 6.45) is 4.14. The lowest BCUT2D eigenvalue weighted by Gasteiger charge is -2.29. The van der Waals surface area contributed by atoms with Crippen LogP contribution in [0.25, 0.3) is 10.9 Å². The third-order valence-corrected chi connectivity index (χ3v) is 3.94. The smallest absolute Gasteiger partial charge is 0.0745 e. The van der Waals surface area contributed by atoms with Crippen LogP contribution in [0.15, 0.2) is 30.5 Å². The zero-order valence-electron chi connectivity index (χ0n) is 11.9. The van der Waals surface area contributed by atoms with E-state index in [1.165, 1.54) is 6.42 Å². The monoisotopic (exact) mass is 271 g/mol. The Bertz CT molecular complexity index is 593. The predicted molar refractivity (Wildman–Crippen MR) is 83.0 cm³/mol. The highest BCUT2D eigenvalue weighted by Crippen LogP contribution is 2.31. The second kappa shape index (κ2) is 5.67. The number of anilines is 2. The van der Waals surface area contributed by atoms with Crippen molar-refractivity contribution in [3.8, 4) is 0 Å². The third-order valence-electron chi connectivity index (χ3n) is 3.94. The molecule has 0 saturated carbocycles. The topological polar surface area (TPSA) is 51.4 Å². The number of rotatable bonds is 3. The maximum atomic E-state index is 6.16. The van der Waals surface area contributed by atoms with Crippen molar-refractivity contribution in [3.05, 3.63) is 30.5 Å². The van der Waals surface area contributed by atoms with E-state index in [1.807, 2.05) is 18.2 Å². The van der Waals surface area contributed by atoms with Crippen LogP contribution in [0, 0.1) is 5.92 Å². The second-order valence-electron chi connectivity index (χ2n) is 5.54. The summed E-state index contributed by atoms with van der Waals surface area (Å²) < 4.78 is 5.57. The molecule has 0 bridgehead atoms. The minimum Gasteiger partial charge on any atom is -0.396 e. The number of fused-ring (bicyclic) bond motifs is 1. The van der Waals surface area contributed by atoms with Crippen molar-refractivity contribution >= 4 is 22.3 Å². The highest BCUT2D eigenvalue weighted by molar-refractivity contribution is 5.97. The molecule has 1 aliphatic rings. The first kappa shape index (κ1) is 13.2. The Hall–Kier alpha value is -1.81. The molecule has 1 aromatic carbocycles. The maximum Gasteiger partial charge on any atom is 0.0745 e. The van der Waals surface area contributed by atoms with Crippen LogP contribution in [0.5, 0.6) is 0 Å². The highest BCUT2D eigenvalue weighted by Gasteiger charge is 2.18. The van der Waals surface area contributed by atoms with Crippen molar-refractivity contribution < 1.29 is 4.74 Å². The van der Waals surface area contributed by atoms with Crippen LogP contribution in [-0.4, -0.2) is 31.8 Å². The van der Waals surface area contributed by atoms with Gasteiger partial charge in [-0.3, -0.25) is 4.98 Å². The van der Waals surface area contributed by atoms with Crippen LogP contribution >= 0.6 is 0 Å². The van der Waals surface area contributed by atoms with Gasteiger partial charge >= 0.3 is 0 Å². The number of nitrogens with two attached hydrogens (primary N) is 1. The number of nitrogens with zero attached hydrogens (tertiary/aromatic N) is 2. The molecule has 1 aliphatic heterocycles. The Morgan fingerprint density at radius 1 is 1.40 bits per heavy atom. The number of aromatic nitrogens is 1. The average Bonchev–Trinajstić information content (AvgIpc) is 2.48. The van der Waals surface area contributed by atoms with E-state index in [1.54, 1.807) is 6.20 Å². The van der Waals surface area contributed by atoms with E-state index in [2.05, 4.69) is 23.0 Å². The van der Waals surface area contributed by atoms with Crippen molar-refractivity contribution in [3.63, 3.8) is 0 Å². The Labute approximate surface area is 119 Å². The highest BCUT2D eigenvalue weighted by atomic mass is 16.5. The Morgan fingerprint density at radius 2 is 2.25 bits per heavy atom. The summed E-state index contributed by atoms with van der Waals surface area (Å²) in [4.78, 5) is 6.64. The fraction of sp³-hybridized carbons (Fsp3) is 0.438. The molecule has 2 aromatic rings. The first-order valence-electron chi connectivity index (χ1n) is 7.18. The van der Waals surface area contributed by atoms with Gasteiger partial charge in [0.05, 0.1) is 29.7 Å². The van der Waals surface area contributed by atoms with Crippen LogP contribution in [0.1, 0.15) is 12.8 Å². The summed E-state index contributed by atoms with van der Waals surface area (Å²) in [7, 11) is 2.10. The van der Waals surface area contributed by atoms with Crippen molar-refractivity contribution in [2.45, 2.75) is 12.8 Å². The van der Waals surface area contributed by atoms with E-state index in [-0.39, 0.29) is 0 Å². The van der Waals surface area contributed by atoms with Gasteiger partial charge in [-0.2, -0.15) is 0 Å². The zero-order valence-corrected chi connectivity index (χ0v) is 11.9. The molecule has 3 rings (SSSR count). The fourth-order valence-corrected chi connectivity index (χ4v) is 3.00. The van der Waals surface area contributed by atoms with Gasteiger partial charge in [0.15, 0.2) is 0 Å². The molecule has 2 heterocycles. The predicted octanol–water partition coefficient (Wildman–Crippen LogP) is 2.68. The van der Waals surface area contributed by atoms with E-state index in [9.17, 15) is 0 Å². The van der Waals surface area contributed by atoms with Gasteiger partial charge in [-0.25, -0.2) is 0 Å². The molecule has 1 aromatic heterocycles. The van der Waals surface area contributed by atoms with Gasteiger partial charge in [-0.1, -0.05) is 18.2 Å². The van der Waals surface area contributed by atoms with Gasteiger partial charge < -0.3 is 15.4 Å². The number of benzene rings is 1. The molecule has 4 nitrogen and oxygen atoms in total. The molecular formula is C16H21N3O. The number of para-hydroxylation sites is 1. The van der Waals surface area contributed by atoms with Gasteiger partial charge in [-0.15, -0.1) is 0 Å². The van der Waals surface area contributed by atoms with Crippen molar-refractivity contribution in [1.29, 1.82) is 0 Å². The standard InChI is InChI=1S/C16H21N3O/c1-19(10-12-5-4-8-20-11-12)16-13-6-2-3-7-15(13)18-9-14(16)17/h2-3,6-7,9,12H,4-5,8,10-11,17H2,1H3. The Balaban J connectivity index is 1.89. The minimum atomic E-state index is 0.583. The molecule has 0 aliphatic carbocycles. The van der Waals surface area contributed by atoms with Crippen molar-refractivity contribution in [2.24, 2.45) is 5.92 Å². The Kier molecular flexibility index (Phi) is 3.74. The molecule has 4 heteroatoms. The van der Waals surface area contributed by atoms with E-state index < -0.39 is 0 Å². The lowest BCUT2D eigenvalue weighted by molar-refractivity contribution is 0.0577. The summed E-state index contributed by atoms with van der Waals surface area (Å²) in [5.41, 5.74) is 8.97. The molecule has 106 valence electrons. The summed E-state index contributed by atoms with van der Waals surface area (Å²) >= 11 is 0. The van der Waals surface area contributed by atoms with Crippen LogP contribution < -0.4 is 10.6 Å². The molecule has 0 radical (unpaired) electrons. The van der Waals surface area contributed by atoms with E-state index in [0.29, 0.717) is 5.92 Å². The number of pyridine rings is 1. The summed E-state index contributed by atoms with van der Waals surface area (Å²) in [6, 6.07) is 8.15. The lowest BCUT2D eigenvalue weighted by atomic mass is 10.0. The average molecular weight is 271 g/mol. The quantitative estimate of drug-likeness (QED) is 0.932. The van der Waals surface area contributed by atoms with Crippen LogP contribution in [-0.2, 0) is 4.74 Å². The summed E-state index contributed by atoms with van der Waals surface area (Å²) in [6.45, 7) is 2.73. The van der Waals surface area contributed by atoms with E-state index >= 15 is 0 Å². The molecule has 20 heavy (non-hydrogen) atoms. The molecular weight excluding hydrogens is 250 g/mol. The zero-order chi connectivity index (χ0) is 13.9. The first-order valence-corrected chi connectivity index (χ1v) is 7.18. The normalized spacial score (nSPS) is 19.1. The van der Waals surface area contributed by atoms with Gasteiger partial charge in [0.2, 0.25) is 0 Å². The second-order valence-corrected chi connectivity index (χ2v) is 5.54. The maximum absolute atomic E-state index is 6.16. The molecule has 0 amide bonds. The molecule has 0 spiro atoms. The molecule has 1 unspecified atom stereocenters. The van der Waals surface area contributed by atoms with Crippen molar-refractivity contribution in [2.75, 3.05) is 37.4 Å². The number of ether oxygens (including phenoxy) is 1. The van der Waals surface area contributed by atoms with Gasteiger partial charge in [0, 0.05) is 25.6 Å². The molecule has 2 N–H and O–H groups in total. The number of nitrogen functional groups attached to an aromatic ring is 1. The van der Waals surface area contributed by atoms with Crippen molar-refractivity contribution in [1.82, 2.24) is 4.98 Å². The SMILES string of the molecule is CN(CC1CCCOC1)c1c(N)cnc2ccccc12. The summed E-state index contributed by atoms with van der Waals surface area (Å²) in [5, 5.41) is 1.12. The first-order chi connectivity index (χ1) is 9.75. The minimum absolute atomic E-state index is 0.583. The lowest BCUT2D eigenvalue weighted by Crippen LogP contribution is -2.31. The van der Waals surface area contributed by atoms with Gasteiger partial charge in [-0.05, 0) is 24.8 Å². The van der Waals surface area contributed by atoms with Crippen LogP contribution in [0.3, 0.4) is 0 Å². The van der Waals surface area contributed by atoms with Gasteiger partial charge in [0.1, 0.15) is 0 Å². The van der Waals surface area contributed by atoms with Crippen LogP contribution in [0.4, 0.5) is 11.4 Å². The Morgan fingerprint density at radius 3 is 3.05 bits per heavy atom. The summed E-state index contributed by atoms with van der Waals surface area (Å²) in [5.74, 6) is 0.583. The fourth-order valence-electron chi connectivity index (χ4n) is 3.00. The molecule has 1 atom stereocenters. The van der Waals surface area contributed by atoms with Gasteiger partial charge in [0.25, 0.3) is 0 Å².